The number of carbonyl (C=O) groups excluding carboxylic acids is 1. The second kappa shape index (κ2) is 4.98. The lowest BCUT2D eigenvalue weighted by atomic mass is 10.2. The number of pyridine rings is 1. The van der Waals surface area contributed by atoms with Gasteiger partial charge in [0, 0.05) is 23.3 Å². The Kier molecular flexibility index (Phi) is 2.96. The predicted octanol–water partition coefficient (Wildman–Crippen LogP) is 2.66. The molecule has 0 radical (unpaired) electrons. The zero-order valence-electron chi connectivity index (χ0n) is 12.2. The van der Waals surface area contributed by atoms with E-state index in [1.54, 1.807) is 12.5 Å². The third kappa shape index (κ3) is 2.26. The van der Waals surface area contributed by atoms with Gasteiger partial charge < -0.3 is 9.32 Å². The molecular formula is C16H16N4O2. The highest BCUT2D eigenvalue weighted by Gasteiger charge is 2.33. The number of aromatic amines is 1. The normalized spacial score (nSPS) is 14.4. The van der Waals surface area contributed by atoms with Crippen LogP contribution in [0.1, 0.15) is 34.7 Å². The molecule has 0 aliphatic heterocycles. The monoisotopic (exact) mass is 296 g/mol. The van der Waals surface area contributed by atoms with Crippen LogP contribution in [0.15, 0.2) is 35.1 Å². The number of nitrogens with one attached hydrogen (secondary N) is 1. The predicted molar refractivity (Wildman–Crippen MR) is 80.2 cm³/mol. The maximum Gasteiger partial charge on any atom is 0.256 e. The van der Waals surface area contributed by atoms with Crippen molar-refractivity contribution in [1.82, 2.24) is 20.1 Å². The third-order valence-electron chi connectivity index (χ3n) is 4.00. The molecule has 1 amide bonds. The van der Waals surface area contributed by atoms with Crippen LogP contribution in [-0.4, -0.2) is 32.0 Å². The number of amides is 1. The summed E-state index contributed by atoms with van der Waals surface area (Å²) in [5.41, 5.74) is 2.15. The summed E-state index contributed by atoms with van der Waals surface area (Å²) in [6.45, 7) is 2.42. The molecule has 1 N–H and O–H groups in total. The smallest absolute Gasteiger partial charge is 0.256 e. The van der Waals surface area contributed by atoms with Crippen molar-refractivity contribution in [2.24, 2.45) is 0 Å². The van der Waals surface area contributed by atoms with Gasteiger partial charge in [0.05, 0.1) is 18.4 Å². The molecule has 112 valence electrons. The molecule has 1 saturated carbocycles. The first-order chi connectivity index (χ1) is 10.7. The molecule has 6 heteroatoms. The van der Waals surface area contributed by atoms with Crippen LogP contribution in [0.5, 0.6) is 0 Å². The zero-order chi connectivity index (χ0) is 15.1. The SMILES string of the molecule is Cc1[nH]nc2ncc(C(=O)N(Cc3ccco3)C3CC3)cc12. The number of carbonyl (C=O) groups is 1. The van der Waals surface area contributed by atoms with Crippen LogP contribution in [0.2, 0.25) is 0 Å². The summed E-state index contributed by atoms with van der Waals surface area (Å²) in [4.78, 5) is 19.0. The lowest BCUT2D eigenvalue weighted by molar-refractivity contribution is 0.0717. The van der Waals surface area contributed by atoms with Crippen LogP contribution in [0.4, 0.5) is 0 Å². The van der Waals surface area contributed by atoms with Crippen LogP contribution in [0.3, 0.4) is 0 Å². The van der Waals surface area contributed by atoms with Crippen LogP contribution in [0.25, 0.3) is 11.0 Å². The zero-order valence-corrected chi connectivity index (χ0v) is 12.2. The highest BCUT2D eigenvalue weighted by molar-refractivity contribution is 5.97. The molecule has 0 aromatic carbocycles. The Labute approximate surface area is 127 Å². The van der Waals surface area contributed by atoms with Gasteiger partial charge in [-0.05, 0) is 38.0 Å². The maximum absolute atomic E-state index is 12.8. The maximum atomic E-state index is 12.8. The number of fused-ring (bicyclic) bond motifs is 1. The van der Waals surface area contributed by atoms with E-state index in [-0.39, 0.29) is 5.91 Å². The Hall–Kier alpha value is -2.63. The molecule has 0 saturated heterocycles. The molecule has 22 heavy (non-hydrogen) atoms. The average Bonchev–Trinajstić information content (AvgIpc) is 3.12. The Bertz CT molecular complexity index is 818. The summed E-state index contributed by atoms with van der Waals surface area (Å²) < 4.78 is 5.38. The van der Waals surface area contributed by atoms with Crippen molar-refractivity contribution in [3.05, 3.63) is 47.7 Å². The average molecular weight is 296 g/mol. The van der Waals surface area contributed by atoms with Crippen molar-refractivity contribution in [3.63, 3.8) is 0 Å². The fourth-order valence-electron chi connectivity index (χ4n) is 2.63. The number of hydrogen-bond donors (Lipinski definition) is 1. The van der Waals surface area contributed by atoms with Gasteiger partial charge in [-0.25, -0.2) is 4.98 Å². The van der Waals surface area contributed by atoms with Crippen molar-refractivity contribution in [3.8, 4) is 0 Å². The van der Waals surface area contributed by atoms with Crippen LogP contribution >= 0.6 is 0 Å². The minimum Gasteiger partial charge on any atom is -0.467 e. The second-order valence-electron chi connectivity index (χ2n) is 5.69. The van der Waals surface area contributed by atoms with Crippen molar-refractivity contribution >= 4 is 16.9 Å². The minimum absolute atomic E-state index is 0.00565. The van der Waals surface area contributed by atoms with Crippen LogP contribution in [-0.2, 0) is 6.54 Å². The lowest BCUT2D eigenvalue weighted by Crippen LogP contribution is -2.32. The van der Waals surface area contributed by atoms with Gasteiger partial charge in [0.2, 0.25) is 0 Å². The van der Waals surface area contributed by atoms with Crippen molar-refractivity contribution in [1.29, 1.82) is 0 Å². The highest BCUT2D eigenvalue weighted by Crippen LogP contribution is 2.30. The molecule has 1 aliphatic rings. The Balaban J connectivity index is 1.65. The first-order valence-electron chi connectivity index (χ1n) is 7.36. The summed E-state index contributed by atoms with van der Waals surface area (Å²) >= 11 is 0. The van der Waals surface area contributed by atoms with Crippen molar-refractivity contribution < 1.29 is 9.21 Å². The number of furan rings is 1. The molecule has 0 unspecified atom stereocenters. The number of H-pyrrole nitrogens is 1. The number of aromatic nitrogens is 3. The number of rotatable bonds is 4. The number of hydrogen-bond acceptors (Lipinski definition) is 4. The van der Waals surface area contributed by atoms with Crippen LogP contribution in [0, 0.1) is 6.92 Å². The van der Waals surface area contributed by atoms with Crippen molar-refractivity contribution in [2.45, 2.75) is 32.4 Å². The number of nitrogens with zero attached hydrogens (tertiary/aromatic N) is 3. The lowest BCUT2D eigenvalue weighted by Gasteiger charge is -2.21. The van der Waals surface area contributed by atoms with E-state index in [1.165, 1.54) is 0 Å². The van der Waals surface area contributed by atoms with E-state index in [0.717, 1.165) is 29.7 Å². The first-order valence-corrected chi connectivity index (χ1v) is 7.36. The summed E-state index contributed by atoms with van der Waals surface area (Å²) in [5, 5.41) is 7.88. The minimum atomic E-state index is -0.00565. The molecule has 4 rings (SSSR count). The van der Waals surface area contributed by atoms with E-state index in [2.05, 4.69) is 15.2 Å². The third-order valence-corrected chi connectivity index (χ3v) is 4.00. The van der Waals surface area contributed by atoms with Gasteiger partial charge >= 0.3 is 0 Å². The molecule has 0 spiro atoms. The first kappa shape index (κ1) is 13.1. The quantitative estimate of drug-likeness (QED) is 0.803. The van der Waals surface area contributed by atoms with E-state index < -0.39 is 0 Å². The van der Waals surface area contributed by atoms with E-state index in [1.807, 2.05) is 30.0 Å². The molecule has 3 aromatic heterocycles. The molecule has 3 aromatic rings. The van der Waals surface area contributed by atoms with Gasteiger partial charge in [-0.1, -0.05) is 0 Å². The molecular weight excluding hydrogens is 280 g/mol. The van der Waals surface area contributed by atoms with Gasteiger partial charge in [-0.2, -0.15) is 5.10 Å². The molecule has 0 atom stereocenters. The second-order valence-corrected chi connectivity index (χ2v) is 5.69. The fourth-order valence-corrected chi connectivity index (χ4v) is 2.63. The molecule has 1 fully saturated rings. The molecule has 6 nitrogen and oxygen atoms in total. The molecule has 0 bridgehead atoms. The fraction of sp³-hybridized carbons (Fsp3) is 0.312. The summed E-state index contributed by atoms with van der Waals surface area (Å²) in [6, 6.07) is 5.90. The Morgan fingerprint density at radius 3 is 3.09 bits per heavy atom. The van der Waals surface area contributed by atoms with Gasteiger partial charge in [0.25, 0.3) is 5.91 Å². The van der Waals surface area contributed by atoms with Gasteiger partial charge in [0.1, 0.15) is 5.76 Å². The Morgan fingerprint density at radius 2 is 2.36 bits per heavy atom. The Morgan fingerprint density at radius 1 is 1.50 bits per heavy atom. The van der Waals surface area contributed by atoms with Crippen LogP contribution < -0.4 is 0 Å². The summed E-state index contributed by atoms with van der Waals surface area (Å²) in [7, 11) is 0. The van der Waals surface area contributed by atoms with E-state index in [9.17, 15) is 4.79 Å². The van der Waals surface area contributed by atoms with E-state index >= 15 is 0 Å². The summed E-state index contributed by atoms with van der Waals surface area (Å²) in [5.74, 6) is 0.794. The molecule has 1 aliphatic carbocycles. The van der Waals surface area contributed by atoms with E-state index in [4.69, 9.17) is 4.42 Å². The summed E-state index contributed by atoms with van der Waals surface area (Å²) in [6.07, 6.45) is 5.33. The van der Waals surface area contributed by atoms with E-state index in [0.29, 0.717) is 23.8 Å². The van der Waals surface area contributed by atoms with Gasteiger partial charge in [-0.15, -0.1) is 0 Å². The number of aryl methyl sites for hydroxylation is 1. The highest BCUT2D eigenvalue weighted by atomic mass is 16.3. The van der Waals surface area contributed by atoms with Crippen molar-refractivity contribution in [2.75, 3.05) is 0 Å². The molecule has 3 heterocycles. The topological polar surface area (TPSA) is 75.0 Å². The standard InChI is InChI=1S/C16H16N4O2/c1-10-14-7-11(8-17-15(14)19-18-10)16(21)20(12-4-5-12)9-13-3-2-6-22-13/h2-3,6-8,12H,4-5,9H2,1H3,(H,17,18,19). The van der Waals surface area contributed by atoms with Gasteiger partial charge in [-0.3, -0.25) is 9.89 Å². The van der Waals surface area contributed by atoms with Gasteiger partial charge in [0.15, 0.2) is 5.65 Å². The largest absolute Gasteiger partial charge is 0.467 e.